The van der Waals surface area contributed by atoms with E-state index in [9.17, 15) is 4.79 Å². The highest BCUT2D eigenvalue weighted by Crippen LogP contribution is 2.03. The Morgan fingerprint density at radius 1 is 1.36 bits per heavy atom. The molecule has 1 N–H and O–H groups in total. The number of nitrogens with zero attached hydrogens (tertiary/aromatic N) is 2. The zero-order valence-corrected chi connectivity index (χ0v) is 7.90. The molecular weight excluding hydrogens is 178 g/mol. The first-order valence-corrected chi connectivity index (χ1v) is 4.41. The maximum atomic E-state index is 11.1. The lowest BCUT2D eigenvalue weighted by Crippen LogP contribution is -2.14. The van der Waals surface area contributed by atoms with Gasteiger partial charge in [0.15, 0.2) is 0 Å². The maximum Gasteiger partial charge on any atom is 0.343 e. The number of aromatic nitrogens is 3. The van der Waals surface area contributed by atoms with Crippen LogP contribution in [0.5, 0.6) is 0 Å². The average molecular weight is 189 g/mol. The fourth-order valence-corrected chi connectivity index (χ4v) is 1.32. The number of hydrogen-bond donors (Lipinski definition) is 1. The molecule has 4 nitrogen and oxygen atoms in total. The van der Waals surface area contributed by atoms with Gasteiger partial charge in [-0.25, -0.2) is 9.89 Å². The standard InChI is InChI=1S/C10H11N3O/c1-13-9(11-12-10(13)14)7-8-5-3-2-4-6-8/h2-6H,7H2,1H3,(H,12,14). The van der Waals surface area contributed by atoms with Crippen LogP contribution >= 0.6 is 0 Å². The summed E-state index contributed by atoms with van der Waals surface area (Å²) in [7, 11) is 1.71. The van der Waals surface area contributed by atoms with E-state index in [0.29, 0.717) is 6.42 Å². The summed E-state index contributed by atoms with van der Waals surface area (Å²) in [6.45, 7) is 0. The molecule has 0 radical (unpaired) electrons. The summed E-state index contributed by atoms with van der Waals surface area (Å²) in [5, 5.41) is 6.35. The first-order valence-electron chi connectivity index (χ1n) is 4.41. The molecule has 0 aliphatic rings. The van der Waals surface area contributed by atoms with E-state index >= 15 is 0 Å². The Morgan fingerprint density at radius 3 is 2.64 bits per heavy atom. The normalized spacial score (nSPS) is 10.4. The molecule has 4 heteroatoms. The second-order valence-corrected chi connectivity index (χ2v) is 3.17. The molecule has 72 valence electrons. The monoisotopic (exact) mass is 189 g/mol. The van der Waals surface area contributed by atoms with Gasteiger partial charge in [-0.1, -0.05) is 30.3 Å². The lowest BCUT2D eigenvalue weighted by molar-refractivity contribution is 0.797. The average Bonchev–Trinajstić information content (AvgIpc) is 2.52. The van der Waals surface area contributed by atoms with Gasteiger partial charge >= 0.3 is 5.69 Å². The molecule has 1 aromatic carbocycles. The third-order valence-corrected chi connectivity index (χ3v) is 2.18. The van der Waals surface area contributed by atoms with Crippen molar-refractivity contribution >= 4 is 0 Å². The number of nitrogens with one attached hydrogen (secondary N) is 1. The van der Waals surface area contributed by atoms with Crippen molar-refractivity contribution in [1.82, 2.24) is 14.8 Å². The van der Waals surface area contributed by atoms with Gasteiger partial charge < -0.3 is 0 Å². The highest BCUT2D eigenvalue weighted by atomic mass is 16.1. The van der Waals surface area contributed by atoms with E-state index in [0.717, 1.165) is 11.4 Å². The molecule has 1 aromatic heterocycles. The van der Waals surface area contributed by atoms with E-state index in [4.69, 9.17) is 0 Å². The van der Waals surface area contributed by atoms with Crippen LogP contribution < -0.4 is 5.69 Å². The van der Waals surface area contributed by atoms with Crippen LogP contribution in [0.4, 0.5) is 0 Å². The van der Waals surface area contributed by atoms with Gasteiger partial charge in [0.05, 0.1) is 0 Å². The molecule has 0 aliphatic heterocycles. The highest BCUT2D eigenvalue weighted by molar-refractivity contribution is 5.18. The van der Waals surface area contributed by atoms with Gasteiger partial charge in [0, 0.05) is 13.5 Å². The van der Waals surface area contributed by atoms with Gasteiger partial charge in [-0.05, 0) is 5.56 Å². The molecule has 0 saturated carbocycles. The Kier molecular flexibility index (Phi) is 2.18. The van der Waals surface area contributed by atoms with Crippen LogP contribution in [0.2, 0.25) is 0 Å². The second-order valence-electron chi connectivity index (χ2n) is 3.17. The molecule has 0 fully saturated rings. The molecule has 14 heavy (non-hydrogen) atoms. The van der Waals surface area contributed by atoms with Crippen molar-refractivity contribution in [1.29, 1.82) is 0 Å². The smallest absolute Gasteiger partial charge is 0.282 e. The van der Waals surface area contributed by atoms with Crippen LogP contribution in [-0.2, 0) is 13.5 Å². The maximum absolute atomic E-state index is 11.1. The van der Waals surface area contributed by atoms with Gasteiger partial charge in [0.25, 0.3) is 0 Å². The second kappa shape index (κ2) is 3.49. The predicted octanol–water partition coefficient (Wildman–Crippen LogP) is 0.699. The minimum atomic E-state index is -0.170. The summed E-state index contributed by atoms with van der Waals surface area (Å²) in [4.78, 5) is 11.1. The number of hydrogen-bond acceptors (Lipinski definition) is 2. The lowest BCUT2D eigenvalue weighted by atomic mass is 10.1. The highest BCUT2D eigenvalue weighted by Gasteiger charge is 2.03. The van der Waals surface area contributed by atoms with Crippen molar-refractivity contribution in [3.05, 3.63) is 52.2 Å². The van der Waals surface area contributed by atoms with Gasteiger partial charge in [0.1, 0.15) is 5.82 Å². The topological polar surface area (TPSA) is 50.7 Å². The van der Waals surface area contributed by atoms with E-state index in [2.05, 4.69) is 10.2 Å². The van der Waals surface area contributed by atoms with Crippen molar-refractivity contribution in [2.75, 3.05) is 0 Å². The van der Waals surface area contributed by atoms with Crippen molar-refractivity contribution in [2.45, 2.75) is 6.42 Å². The molecule has 0 bridgehead atoms. The summed E-state index contributed by atoms with van der Waals surface area (Å²) in [6.07, 6.45) is 0.677. The minimum Gasteiger partial charge on any atom is -0.282 e. The summed E-state index contributed by atoms with van der Waals surface area (Å²) >= 11 is 0. The van der Waals surface area contributed by atoms with Crippen molar-refractivity contribution in [3.63, 3.8) is 0 Å². The number of benzene rings is 1. The molecular formula is C10H11N3O. The molecule has 1 heterocycles. The summed E-state index contributed by atoms with van der Waals surface area (Å²) < 4.78 is 1.52. The third-order valence-electron chi connectivity index (χ3n) is 2.18. The van der Waals surface area contributed by atoms with Gasteiger partial charge in [0.2, 0.25) is 0 Å². The summed E-state index contributed by atoms with van der Waals surface area (Å²) in [6, 6.07) is 9.94. The SMILES string of the molecule is Cn1c(Cc2ccccc2)n[nH]c1=O. The van der Waals surface area contributed by atoms with Crippen LogP contribution in [0, 0.1) is 0 Å². The van der Waals surface area contributed by atoms with Crippen LogP contribution in [-0.4, -0.2) is 14.8 Å². The fourth-order valence-electron chi connectivity index (χ4n) is 1.32. The first-order chi connectivity index (χ1) is 6.77. The third kappa shape index (κ3) is 1.59. The van der Waals surface area contributed by atoms with Crippen LogP contribution in [0.1, 0.15) is 11.4 Å². The molecule has 0 unspecified atom stereocenters. The van der Waals surface area contributed by atoms with Gasteiger partial charge in [-0.15, -0.1) is 0 Å². The largest absolute Gasteiger partial charge is 0.343 e. The minimum absolute atomic E-state index is 0.170. The van der Waals surface area contributed by atoms with Crippen molar-refractivity contribution < 1.29 is 0 Å². The molecule has 2 rings (SSSR count). The Hall–Kier alpha value is -1.84. The molecule has 0 aliphatic carbocycles. The lowest BCUT2D eigenvalue weighted by Gasteiger charge is -1.99. The number of rotatable bonds is 2. The van der Waals surface area contributed by atoms with Gasteiger partial charge in [-0.3, -0.25) is 4.57 Å². The van der Waals surface area contributed by atoms with Gasteiger partial charge in [-0.2, -0.15) is 5.10 Å². The first kappa shape index (κ1) is 8.74. The number of H-pyrrole nitrogens is 1. The van der Waals surface area contributed by atoms with Crippen molar-refractivity contribution in [2.24, 2.45) is 7.05 Å². The zero-order chi connectivity index (χ0) is 9.97. The van der Waals surface area contributed by atoms with E-state index in [1.165, 1.54) is 4.57 Å². The fraction of sp³-hybridized carbons (Fsp3) is 0.200. The molecule has 2 aromatic rings. The Labute approximate surface area is 81.2 Å². The van der Waals surface area contributed by atoms with E-state index in [-0.39, 0.29) is 5.69 Å². The van der Waals surface area contributed by atoms with E-state index in [1.807, 2.05) is 30.3 Å². The zero-order valence-electron chi connectivity index (χ0n) is 7.90. The molecule has 0 atom stereocenters. The quantitative estimate of drug-likeness (QED) is 0.756. The molecule has 0 spiro atoms. The van der Waals surface area contributed by atoms with E-state index < -0.39 is 0 Å². The Bertz CT molecular complexity index is 470. The van der Waals surface area contributed by atoms with Crippen LogP contribution in [0.25, 0.3) is 0 Å². The predicted molar refractivity (Wildman–Crippen MR) is 53.1 cm³/mol. The Balaban J connectivity index is 2.28. The van der Waals surface area contributed by atoms with Crippen LogP contribution in [0.15, 0.2) is 35.1 Å². The summed E-state index contributed by atoms with van der Waals surface area (Å²) in [5.41, 5.74) is 0.977. The summed E-state index contributed by atoms with van der Waals surface area (Å²) in [5.74, 6) is 0.751. The van der Waals surface area contributed by atoms with Crippen LogP contribution in [0.3, 0.4) is 0 Å². The number of aromatic amines is 1. The Morgan fingerprint density at radius 2 is 2.07 bits per heavy atom. The van der Waals surface area contributed by atoms with E-state index in [1.54, 1.807) is 7.05 Å². The van der Waals surface area contributed by atoms with Crippen molar-refractivity contribution in [3.8, 4) is 0 Å². The molecule has 0 amide bonds. The molecule has 0 saturated heterocycles.